The highest BCUT2D eigenvalue weighted by molar-refractivity contribution is 6.11. The minimum Gasteiger partial charge on any atom is -0.495 e. The van der Waals surface area contributed by atoms with E-state index in [1.807, 2.05) is 55.3 Å². The van der Waals surface area contributed by atoms with Crippen molar-refractivity contribution in [3.63, 3.8) is 0 Å². The van der Waals surface area contributed by atoms with Gasteiger partial charge < -0.3 is 24.6 Å². The quantitative estimate of drug-likeness (QED) is 0.237. The maximum absolute atomic E-state index is 14.7. The van der Waals surface area contributed by atoms with Crippen LogP contribution in [0.4, 0.5) is 39.4 Å². The van der Waals surface area contributed by atoms with Crippen LogP contribution < -0.4 is 29.5 Å². The van der Waals surface area contributed by atoms with E-state index in [0.29, 0.717) is 29.1 Å². The molecule has 4 heterocycles. The van der Waals surface area contributed by atoms with Crippen molar-refractivity contribution in [2.24, 2.45) is 5.92 Å². The van der Waals surface area contributed by atoms with Gasteiger partial charge in [-0.25, -0.2) is 19.7 Å². The van der Waals surface area contributed by atoms with E-state index < -0.39 is 0 Å². The van der Waals surface area contributed by atoms with Crippen LogP contribution in [0.1, 0.15) is 36.6 Å². The number of likely N-dealkylation sites (N-methyl/N-ethyl adjacent to an activating group) is 1. The number of anilines is 6. The van der Waals surface area contributed by atoms with Gasteiger partial charge in [0.05, 0.1) is 37.8 Å². The molecule has 1 N–H and O–H groups in total. The molecule has 11 nitrogen and oxygen atoms in total. The number of para-hydroxylation sites is 1. The number of fused-ring (bicyclic) bond motifs is 1. The van der Waals surface area contributed by atoms with Crippen molar-refractivity contribution in [1.82, 2.24) is 19.9 Å². The highest BCUT2D eigenvalue weighted by Gasteiger charge is 2.43. The number of nitrogens with one attached hydrogen (secondary N) is 1. The predicted molar refractivity (Wildman–Crippen MR) is 182 cm³/mol. The number of carbonyl (C=O) groups is 1. The zero-order valence-electron chi connectivity index (χ0n) is 27.6. The first-order chi connectivity index (χ1) is 22.2. The van der Waals surface area contributed by atoms with E-state index in [1.165, 1.54) is 0 Å². The lowest BCUT2D eigenvalue weighted by Gasteiger charge is -2.44. The number of carbonyl (C=O) groups excluding carboxylic acids is 1. The van der Waals surface area contributed by atoms with Crippen molar-refractivity contribution < 1.29 is 14.3 Å². The van der Waals surface area contributed by atoms with Crippen molar-refractivity contribution in [2.75, 3.05) is 67.5 Å². The molecule has 2 aliphatic heterocycles. The summed E-state index contributed by atoms with van der Waals surface area (Å²) in [7, 11) is 5.39. The van der Waals surface area contributed by atoms with Gasteiger partial charge in [0.15, 0.2) is 5.82 Å². The molecule has 0 saturated carbocycles. The van der Waals surface area contributed by atoms with Gasteiger partial charge in [0, 0.05) is 49.7 Å². The number of aromatic nitrogens is 3. The van der Waals surface area contributed by atoms with Gasteiger partial charge in [-0.15, -0.1) is 0 Å². The monoisotopic (exact) mass is 622 g/mol. The van der Waals surface area contributed by atoms with Crippen LogP contribution >= 0.6 is 0 Å². The Kier molecular flexibility index (Phi) is 8.68. The van der Waals surface area contributed by atoms with Gasteiger partial charge >= 0.3 is 6.03 Å². The van der Waals surface area contributed by atoms with Crippen LogP contribution in [0.15, 0.2) is 60.9 Å². The Hall–Kier alpha value is -4.90. The summed E-state index contributed by atoms with van der Waals surface area (Å²) in [5, 5.41) is 3.36. The van der Waals surface area contributed by atoms with Crippen molar-refractivity contribution in [3.05, 3.63) is 77.6 Å². The number of hydrogen-bond acceptors (Lipinski definition) is 9. The highest BCUT2D eigenvalue weighted by Crippen LogP contribution is 2.46. The fourth-order valence-electron chi connectivity index (χ4n) is 6.36. The molecule has 2 amide bonds. The third-order valence-corrected chi connectivity index (χ3v) is 8.80. The van der Waals surface area contributed by atoms with E-state index in [9.17, 15) is 4.79 Å². The summed E-state index contributed by atoms with van der Waals surface area (Å²) in [6.45, 7) is 12.2. The average Bonchev–Trinajstić information content (AvgIpc) is 3.05. The van der Waals surface area contributed by atoms with E-state index in [2.05, 4.69) is 47.1 Å². The fourth-order valence-corrected chi connectivity index (χ4v) is 6.36. The SMILES string of the molecule is COc1ccc(N2C(=O)N(c3c(C)cccc3C)C(C(C)C)c3cnc(Nc4ccc(N5CCN(C)CC5)cc4OC)nc32)nc1. The van der Waals surface area contributed by atoms with E-state index in [4.69, 9.17) is 19.4 Å². The molecular weight excluding hydrogens is 580 g/mol. The number of ether oxygens (including phenoxy) is 2. The summed E-state index contributed by atoms with van der Waals surface area (Å²) >= 11 is 0. The number of amides is 2. The van der Waals surface area contributed by atoms with Crippen LogP contribution in [-0.2, 0) is 0 Å². The molecule has 2 aromatic heterocycles. The molecule has 1 atom stereocenters. The average molecular weight is 623 g/mol. The Morgan fingerprint density at radius 1 is 0.913 bits per heavy atom. The minimum absolute atomic E-state index is 0.0669. The molecule has 0 aliphatic carbocycles. The Morgan fingerprint density at radius 2 is 1.65 bits per heavy atom. The van der Waals surface area contributed by atoms with E-state index in [-0.39, 0.29) is 18.0 Å². The molecule has 4 aromatic rings. The van der Waals surface area contributed by atoms with Crippen LogP contribution in [0.25, 0.3) is 0 Å². The molecule has 240 valence electrons. The molecule has 1 saturated heterocycles. The topological polar surface area (TPSA) is 99.2 Å². The first kappa shape index (κ1) is 31.1. The maximum atomic E-state index is 14.7. The normalized spacial score (nSPS) is 16.9. The number of nitrogens with zero attached hydrogens (tertiary/aromatic N) is 7. The van der Waals surface area contributed by atoms with Gasteiger partial charge in [-0.1, -0.05) is 32.0 Å². The molecule has 0 spiro atoms. The molecule has 1 unspecified atom stereocenters. The maximum Gasteiger partial charge on any atom is 0.336 e. The van der Waals surface area contributed by atoms with Crippen LogP contribution in [0, 0.1) is 19.8 Å². The van der Waals surface area contributed by atoms with E-state index in [1.54, 1.807) is 37.4 Å². The van der Waals surface area contributed by atoms with Gasteiger partial charge in [-0.2, -0.15) is 4.98 Å². The Labute approximate surface area is 270 Å². The number of piperazine rings is 1. The largest absolute Gasteiger partial charge is 0.495 e. The van der Waals surface area contributed by atoms with Crippen LogP contribution in [0.3, 0.4) is 0 Å². The summed E-state index contributed by atoms with van der Waals surface area (Å²) in [4.78, 5) is 37.2. The molecule has 11 heteroatoms. The third kappa shape index (κ3) is 5.78. The van der Waals surface area contributed by atoms with Crippen molar-refractivity contribution >= 4 is 40.7 Å². The molecular formula is C35H42N8O3. The number of aryl methyl sites for hydroxylation is 2. The third-order valence-electron chi connectivity index (χ3n) is 8.80. The molecule has 2 aliphatic rings. The summed E-state index contributed by atoms with van der Waals surface area (Å²) in [6, 6.07) is 15.2. The summed E-state index contributed by atoms with van der Waals surface area (Å²) in [6.07, 6.45) is 3.43. The molecule has 2 aromatic carbocycles. The second-order valence-corrected chi connectivity index (χ2v) is 12.2. The lowest BCUT2D eigenvalue weighted by Crippen LogP contribution is -2.50. The standard InChI is InChI=1S/C35H42N8O3/c1-22(2)31-27-21-37-34(38-28-13-11-25(19-29(28)46-7)41-17-15-40(5)16-18-41)39-33(27)42(30-14-12-26(45-6)20-36-30)35(44)43(31)32-23(3)9-8-10-24(32)4/h8-14,19-22,31H,15-18H2,1-7H3,(H,37,38,39). The van der Waals surface area contributed by atoms with E-state index >= 15 is 0 Å². The highest BCUT2D eigenvalue weighted by atomic mass is 16.5. The van der Waals surface area contributed by atoms with Crippen LogP contribution in [0.5, 0.6) is 11.5 Å². The summed E-state index contributed by atoms with van der Waals surface area (Å²) in [5.74, 6) is 2.61. The predicted octanol–water partition coefficient (Wildman–Crippen LogP) is 6.48. The lowest BCUT2D eigenvalue weighted by atomic mass is 9.91. The van der Waals surface area contributed by atoms with Gasteiger partial charge in [-0.3, -0.25) is 4.90 Å². The van der Waals surface area contributed by atoms with Crippen molar-refractivity contribution in [3.8, 4) is 11.5 Å². The second-order valence-electron chi connectivity index (χ2n) is 12.2. The van der Waals surface area contributed by atoms with Crippen molar-refractivity contribution in [2.45, 2.75) is 33.7 Å². The number of benzene rings is 2. The second kappa shape index (κ2) is 12.8. The zero-order valence-corrected chi connectivity index (χ0v) is 27.6. The number of rotatable bonds is 8. The zero-order chi connectivity index (χ0) is 32.5. The number of hydrogen-bond donors (Lipinski definition) is 1. The molecule has 0 bridgehead atoms. The molecule has 6 rings (SSSR count). The van der Waals surface area contributed by atoms with Crippen LogP contribution in [-0.4, -0.2) is 73.3 Å². The number of pyridine rings is 1. The molecule has 1 fully saturated rings. The fraction of sp³-hybridized carbons (Fsp3) is 0.371. The van der Waals surface area contributed by atoms with Crippen molar-refractivity contribution in [1.29, 1.82) is 0 Å². The first-order valence-electron chi connectivity index (χ1n) is 15.6. The van der Waals surface area contributed by atoms with Gasteiger partial charge in [0.1, 0.15) is 17.3 Å². The Morgan fingerprint density at radius 3 is 2.28 bits per heavy atom. The van der Waals surface area contributed by atoms with Crippen LogP contribution in [0.2, 0.25) is 0 Å². The Balaban J connectivity index is 1.43. The van der Waals surface area contributed by atoms with Gasteiger partial charge in [0.25, 0.3) is 0 Å². The first-order valence-corrected chi connectivity index (χ1v) is 15.6. The smallest absolute Gasteiger partial charge is 0.336 e. The van der Waals surface area contributed by atoms with Gasteiger partial charge in [0.2, 0.25) is 5.95 Å². The lowest BCUT2D eigenvalue weighted by molar-refractivity contribution is 0.246. The molecule has 46 heavy (non-hydrogen) atoms. The van der Waals surface area contributed by atoms with Gasteiger partial charge in [-0.05, 0) is 62.2 Å². The van der Waals surface area contributed by atoms with E-state index in [0.717, 1.165) is 59.9 Å². The Bertz CT molecular complexity index is 1700. The summed E-state index contributed by atoms with van der Waals surface area (Å²) < 4.78 is 11.2. The number of urea groups is 1. The molecule has 0 radical (unpaired) electrons. The number of methoxy groups -OCH3 is 2. The summed E-state index contributed by atoms with van der Waals surface area (Å²) in [5.41, 5.74) is 5.57. The minimum atomic E-state index is -0.303.